The van der Waals surface area contributed by atoms with Crippen LogP contribution in [0.3, 0.4) is 0 Å². The molecular formula is C12H17F3N2. The highest BCUT2D eigenvalue weighted by atomic mass is 19.4. The van der Waals surface area contributed by atoms with Gasteiger partial charge in [0, 0.05) is 6.20 Å². The van der Waals surface area contributed by atoms with Crippen LogP contribution in [0.1, 0.15) is 38.1 Å². The molecule has 1 atom stereocenters. The largest absolute Gasteiger partial charge is 0.417 e. The highest BCUT2D eigenvalue weighted by Gasteiger charge is 2.32. The van der Waals surface area contributed by atoms with E-state index in [4.69, 9.17) is 0 Å². The lowest BCUT2D eigenvalue weighted by molar-refractivity contribution is -0.137. The summed E-state index contributed by atoms with van der Waals surface area (Å²) in [4.78, 5) is 3.90. The minimum atomic E-state index is -4.33. The molecule has 1 N–H and O–H groups in total. The fourth-order valence-corrected chi connectivity index (χ4v) is 1.77. The van der Waals surface area contributed by atoms with Crippen LogP contribution in [0.15, 0.2) is 18.3 Å². The summed E-state index contributed by atoms with van der Waals surface area (Å²) in [5.41, 5.74) is -0.209. The lowest BCUT2D eigenvalue weighted by atomic mass is 9.84. The molecule has 1 aromatic rings. The van der Waals surface area contributed by atoms with Crippen molar-refractivity contribution in [2.45, 2.75) is 33.0 Å². The maximum atomic E-state index is 12.4. The zero-order chi connectivity index (χ0) is 13.3. The number of rotatable bonds is 2. The molecule has 0 aliphatic carbocycles. The number of alkyl halides is 3. The van der Waals surface area contributed by atoms with Crippen LogP contribution in [-0.2, 0) is 6.18 Å². The molecule has 0 aromatic carbocycles. The molecular weight excluding hydrogens is 229 g/mol. The first-order valence-electron chi connectivity index (χ1n) is 5.36. The molecule has 0 spiro atoms. The Morgan fingerprint density at radius 2 is 1.76 bits per heavy atom. The number of hydrogen-bond acceptors (Lipinski definition) is 2. The molecule has 1 heterocycles. The van der Waals surface area contributed by atoms with Crippen molar-refractivity contribution >= 4 is 0 Å². The molecule has 17 heavy (non-hydrogen) atoms. The maximum absolute atomic E-state index is 12.4. The van der Waals surface area contributed by atoms with Gasteiger partial charge in [0.25, 0.3) is 0 Å². The summed E-state index contributed by atoms with van der Waals surface area (Å²) in [6, 6.07) is 2.41. The van der Waals surface area contributed by atoms with E-state index in [2.05, 4.69) is 10.3 Å². The Hall–Kier alpha value is -1.10. The third-order valence-corrected chi connectivity index (χ3v) is 2.56. The van der Waals surface area contributed by atoms with Gasteiger partial charge in [-0.1, -0.05) is 20.8 Å². The van der Waals surface area contributed by atoms with Gasteiger partial charge in [-0.2, -0.15) is 13.2 Å². The Bertz CT molecular complexity index is 363. The third kappa shape index (κ3) is 3.43. The molecule has 2 nitrogen and oxygen atoms in total. The minimum Gasteiger partial charge on any atom is -0.311 e. The van der Waals surface area contributed by atoms with Gasteiger partial charge in [0.2, 0.25) is 0 Å². The summed E-state index contributed by atoms with van der Waals surface area (Å²) in [7, 11) is 1.77. The van der Waals surface area contributed by atoms with Crippen LogP contribution < -0.4 is 5.32 Å². The molecule has 1 unspecified atom stereocenters. The number of nitrogens with one attached hydrogen (secondary N) is 1. The smallest absolute Gasteiger partial charge is 0.311 e. The monoisotopic (exact) mass is 246 g/mol. The standard InChI is InChI=1S/C12H17F3N2/c1-11(2,3)10(16-4)9-6-5-8(7-17-9)12(13,14)15/h5-7,10,16H,1-4H3. The molecule has 0 radical (unpaired) electrons. The molecule has 0 saturated heterocycles. The van der Waals surface area contributed by atoms with Crippen molar-refractivity contribution < 1.29 is 13.2 Å². The van der Waals surface area contributed by atoms with Crippen molar-refractivity contribution in [1.82, 2.24) is 10.3 Å². The lowest BCUT2D eigenvalue weighted by Gasteiger charge is -2.30. The fraction of sp³-hybridized carbons (Fsp3) is 0.583. The van der Waals surface area contributed by atoms with Crippen molar-refractivity contribution in [3.63, 3.8) is 0 Å². The first kappa shape index (κ1) is 14.0. The average Bonchev–Trinajstić information content (AvgIpc) is 2.16. The molecule has 0 fully saturated rings. The van der Waals surface area contributed by atoms with Gasteiger partial charge >= 0.3 is 6.18 Å². The van der Waals surface area contributed by atoms with Crippen LogP contribution in [0.25, 0.3) is 0 Å². The van der Waals surface area contributed by atoms with Gasteiger partial charge in [0.05, 0.1) is 17.3 Å². The van der Waals surface area contributed by atoms with Crippen LogP contribution in [0.4, 0.5) is 13.2 Å². The summed E-state index contributed by atoms with van der Waals surface area (Å²) < 4.78 is 37.1. The van der Waals surface area contributed by atoms with E-state index in [1.54, 1.807) is 7.05 Å². The van der Waals surface area contributed by atoms with Gasteiger partial charge < -0.3 is 5.32 Å². The van der Waals surface area contributed by atoms with Gasteiger partial charge in [-0.05, 0) is 24.6 Å². The fourth-order valence-electron chi connectivity index (χ4n) is 1.77. The number of halogens is 3. The van der Waals surface area contributed by atoms with Gasteiger partial charge in [-0.15, -0.1) is 0 Å². The van der Waals surface area contributed by atoms with E-state index in [-0.39, 0.29) is 11.5 Å². The number of nitrogens with zero attached hydrogens (tertiary/aromatic N) is 1. The highest BCUT2D eigenvalue weighted by Crippen LogP contribution is 2.33. The first-order chi connectivity index (χ1) is 7.66. The molecule has 0 bridgehead atoms. The second-order valence-corrected chi connectivity index (χ2v) is 5.06. The van der Waals surface area contributed by atoms with Crippen molar-refractivity contribution in [2.75, 3.05) is 7.05 Å². The normalized spacial score (nSPS) is 14.8. The summed E-state index contributed by atoms with van der Waals surface area (Å²) >= 11 is 0. The molecule has 0 aliphatic rings. The highest BCUT2D eigenvalue weighted by molar-refractivity contribution is 5.20. The summed E-state index contributed by atoms with van der Waals surface area (Å²) in [6.07, 6.45) is -3.45. The quantitative estimate of drug-likeness (QED) is 0.865. The molecule has 0 saturated carbocycles. The van der Waals surface area contributed by atoms with Crippen LogP contribution in [-0.4, -0.2) is 12.0 Å². The van der Waals surface area contributed by atoms with Crippen LogP contribution >= 0.6 is 0 Å². The number of aromatic nitrogens is 1. The maximum Gasteiger partial charge on any atom is 0.417 e. The SMILES string of the molecule is CNC(c1ccc(C(F)(F)F)cn1)C(C)(C)C. The molecule has 1 aromatic heterocycles. The molecule has 5 heteroatoms. The van der Waals surface area contributed by atoms with E-state index >= 15 is 0 Å². The lowest BCUT2D eigenvalue weighted by Crippen LogP contribution is -2.30. The van der Waals surface area contributed by atoms with Crippen molar-refractivity contribution in [2.24, 2.45) is 5.41 Å². The third-order valence-electron chi connectivity index (χ3n) is 2.56. The Kier molecular flexibility index (Phi) is 3.81. The summed E-state index contributed by atoms with van der Waals surface area (Å²) in [5.74, 6) is 0. The minimum absolute atomic E-state index is 0.0789. The Balaban J connectivity index is 3.02. The second-order valence-electron chi connectivity index (χ2n) is 5.06. The Morgan fingerprint density at radius 1 is 1.18 bits per heavy atom. The van der Waals surface area contributed by atoms with E-state index in [1.807, 2.05) is 20.8 Å². The van der Waals surface area contributed by atoms with Gasteiger partial charge in [0.15, 0.2) is 0 Å². The molecule has 1 rings (SSSR count). The Labute approximate surface area is 99.3 Å². The molecule has 96 valence electrons. The van der Waals surface area contributed by atoms with Crippen LogP contribution in [0, 0.1) is 5.41 Å². The van der Waals surface area contributed by atoms with Crippen molar-refractivity contribution in [3.8, 4) is 0 Å². The topological polar surface area (TPSA) is 24.9 Å². The van der Waals surface area contributed by atoms with Gasteiger partial charge in [0.1, 0.15) is 0 Å². The second kappa shape index (κ2) is 4.64. The summed E-state index contributed by atoms with van der Waals surface area (Å²) in [5, 5.41) is 3.07. The predicted octanol–water partition coefficient (Wildman–Crippen LogP) is 3.41. The van der Waals surface area contributed by atoms with E-state index in [0.29, 0.717) is 5.69 Å². The van der Waals surface area contributed by atoms with E-state index < -0.39 is 11.7 Å². The molecule has 0 aliphatic heterocycles. The van der Waals surface area contributed by atoms with Crippen LogP contribution in [0.2, 0.25) is 0 Å². The number of hydrogen-bond donors (Lipinski definition) is 1. The van der Waals surface area contributed by atoms with Crippen molar-refractivity contribution in [1.29, 1.82) is 0 Å². The summed E-state index contributed by atoms with van der Waals surface area (Å²) in [6.45, 7) is 6.02. The van der Waals surface area contributed by atoms with E-state index in [0.717, 1.165) is 12.3 Å². The predicted molar refractivity (Wildman–Crippen MR) is 60.5 cm³/mol. The van der Waals surface area contributed by atoms with Crippen molar-refractivity contribution in [3.05, 3.63) is 29.6 Å². The van der Waals surface area contributed by atoms with Gasteiger partial charge in [-0.3, -0.25) is 4.98 Å². The van der Waals surface area contributed by atoms with Crippen LogP contribution in [0.5, 0.6) is 0 Å². The first-order valence-corrected chi connectivity index (χ1v) is 5.36. The average molecular weight is 246 g/mol. The zero-order valence-corrected chi connectivity index (χ0v) is 10.4. The Morgan fingerprint density at radius 3 is 2.06 bits per heavy atom. The number of pyridine rings is 1. The zero-order valence-electron chi connectivity index (χ0n) is 10.4. The van der Waals surface area contributed by atoms with E-state index in [1.165, 1.54) is 6.07 Å². The van der Waals surface area contributed by atoms with E-state index in [9.17, 15) is 13.2 Å². The molecule has 0 amide bonds. The van der Waals surface area contributed by atoms with Gasteiger partial charge in [-0.25, -0.2) is 0 Å².